The highest BCUT2D eigenvalue weighted by Crippen LogP contribution is 2.39. The number of carbonyl (C=O) groups excluding carboxylic acids is 1. The van der Waals surface area contributed by atoms with E-state index in [1.165, 1.54) is 13.8 Å². The zero-order valence-electron chi connectivity index (χ0n) is 7.74. The van der Waals surface area contributed by atoms with Gasteiger partial charge in [-0.15, -0.1) is 0 Å². The van der Waals surface area contributed by atoms with Crippen LogP contribution in [0.5, 0.6) is 0 Å². The fraction of sp³-hybridized carbons (Fsp3) is 0.857. The lowest BCUT2D eigenvalue weighted by atomic mass is 10.2. The summed E-state index contributed by atoms with van der Waals surface area (Å²) < 4.78 is 74.7. The van der Waals surface area contributed by atoms with Gasteiger partial charge in [0.2, 0.25) is 0 Å². The zero-order chi connectivity index (χ0) is 12.4. The molecule has 0 aliphatic rings. The molecule has 1 atom stereocenters. The summed E-state index contributed by atoms with van der Waals surface area (Å²) in [5, 5.41) is 0. The summed E-state index contributed by atoms with van der Waals surface area (Å²) in [6.45, 7) is 2.33. The van der Waals surface area contributed by atoms with E-state index in [1.807, 2.05) is 0 Å². The molecule has 0 heterocycles. The molecule has 0 fully saturated rings. The van der Waals surface area contributed by atoms with Gasteiger partial charge < -0.3 is 4.74 Å². The molecule has 0 saturated carbocycles. The van der Waals surface area contributed by atoms with Crippen molar-refractivity contribution >= 4 is 5.97 Å². The first-order chi connectivity index (χ1) is 6.50. The molecule has 0 aliphatic heterocycles. The quantitative estimate of drug-likeness (QED) is 0.558. The number of hydrogen-bond donors (Lipinski definition) is 0. The van der Waals surface area contributed by atoms with Crippen LogP contribution in [-0.4, -0.2) is 24.4 Å². The Hall–Kier alpha value is -0.950. The number of halogens is 6. The average Bonchev–Trinajstić information content (AvgIpc) is 2.01. The molecule has 0 aromatic carbocycles. The first kappa shape index (κ1) is 14.0. The molecule has 0 radical (unpaired) electrons. The second-order valence-corrected chi connectivity index (χ2v) is 3.03. The third-order valence-corrected chi connectivity index (χ3v) is 1.35. The van der Waals surface area contributed by atoms with Gasteiger partial charge in [-0.05, 0) is 0 Å². The minimum atomic E-state index is -6.09. The Morgan fingerprint density at radius 2 is 1.53 bits per heavy atom. The maximum atomic E-state index is 12.4. The van der Waals surface area contributed by atoms with Crippen molar-refractivity contribution in [3.63, 3.8) is 0 Å². The zero-order valence-corrected chi connectivity index (χ0v) is 7.74. The van der Waals surface area contributed by atoms with Gasteiger partial charge >= 0.3 is 24.4 Å². The number of ether oxygens (including phenoxy) is 1. The molecule has 15 heavy (non-hydrogen) atoms. The Balaban J connectivity index is 4.59. The molecular formula is C7H8F6O2. The van der Waals surface area contributed by atoms with Crippen LogP contribution in [0.25, 0.3) is 0 Å². The molecule has 0 bridgehead atoms. The summed E-state index contributed by atoms with van der Waals surface area (Å²) in [6.07, 6.45) is -10.1. The van der Waals surface area contributed by atoms with Crippen LogP contribution >= 0.6 is 0 Å². The Morgan fingerprint density at radius 1 is 1.13 bits per heavy atom. The van der Waals surface area contributed by atoms with Crippen molar-refractivity contribution in [2.45, 2.75) is 32.3 Å². The lowest BCUT2D eigenvalue weighted by Gasteiger charge is -2.23. The first-order valence-corrected chi connectivity index (χ1v) is 3.79. The predicted octanol–water partition coefficient (Wildman–Crippen LogP) is 2.68. The van der Waals surface area contributed by atoms with Crippen LogP contribution in [-0.2, 0) is 9.53 Å². The maximum absolute atomic E-state index is 12.4. The van der Waals surface area contributed by atoms with Gasteiger partial charge in [-0.25, -0.2) is 0 Å². The van der Waals surface area contributed by atoms with Crippen LogP contribution in [0.15, 0.2) is 0 Å². The number of hydrogen-bond acceptors (Lipinski definition) is 2. The van der Waals surface area contributed by atoms with E-state index in [4.69, 9.17) is 0 Å². The van der Waals surface area contributed by atoms with Gasteiger partial charge in [0.05, 0.1) is 5.92 Å². The van der Waals surface area contributed by atoms with Crippen molar-refractivity contribution in [3.05, 3.63) is 0 Å². The van der Waals surface area contributed by atoms with Gasteiger partial charge in [-0.2, -0.15) is 26.3 Å². The molecule has 0 spiro atoms. The number of rotatable bonds is 3. The van der Waals surface area contributed by atoms with E-state index in [9.17, 15) is 31.1 Å². The van der Waals surface area contributed by atoms with Crippen molar-refractivity contribution < 1.29 is 35.9 Å². The summed E-state index contributed by atoms with van der Waals surface area (Å²) in [7, 11) is 0. The molecule has 0 N–H and O–H groups in total. The fourth-order valence-corrected chi connectivity index (χ4v) is 0.441. The second kappa shape index (κ2) is 4.28. The number of esters is 1. The van der Waals surface area contributed by atoms with Crippen LogP contribution in [0.1, 0.15) is 13.8 Å². The molecule has 1 unspecified atom stereocenters. The molecule has 90 valence electrons. The van der Waals surface area contributed by atoms with E-state index in [2.05, 4.69) is 4.74 Å². The monoisotopic (exact) mass is 238 g/mol. The van der Waals surface area contributed by atoms with Gasteiger partial charge in [0, 0.05) is 0 Å². The van der Waals surface area contributed by atoms with Crippen molar-refractivity contribution in [3.8, 4) is 0 Å². The molecular weight excluding hydrogens is 230 g/mol. The van der Waals surface area contributed by atoms with Gasteiger partial charge in [0.1, 0.15) is 0 Å². The van der Waals surface area contributed by atoms with Crippen LogP contribution in [0.2, 0.25) is 0 Å². The normalized spacial score (nSPS) is 15.3. The largest absolute Gasteiger partial charge is 0.460 e. The fourth-order valence-electron chi connectivity index (χ4n) is 0.441. The minimum absolute atomic E-state index is 0.993. The van der Waals surface area contributed by atoms with Crippen LogP contribution < -0.4 is 0 Å². The van der Waals surface area contributed by atoms with E-state index < -0.39 is 30.3 Å². The molecule has 0 aromatic rings. The topological polar surface area (TPSA) is 26.3 Å². The predicted molar refractivity (Wildman–Crippen MR) is 36.8 cm³/mol. The molecule has 0 saturated heterocycles. The summed E-state index contributed by atoms with van der Waals surface area (Å²) >= 11 is 0. The van der Waals surface area contributed by atoms with Gasteiger partial charge in [-0.3, -0.25) is 4.79 Å². The number of alkyl halides is 6. The highest BCUT2D eigenvalue weighted by Gasteiger charge is 2.65. The lowest BCUT2D eigenvalue weighted by molar-refractivity contribution is -0.335. The van der Waals surface area contributed by atoms with E-state index in [-0.39, 0.29) is 0 Å². The van der Waals surface area contributed by atoms with Crippen molar-refractivity contribution in [1.82, 2.24) is 0 Å². The maximum Gasteiger partial charge on any atom is 0.460 e. The Morgan fingerprint density at radius 3 is 1.80 bits per heavy atom. The highest BCUT2D eigenvalue weighted by atomic mass is 19.4. The van der Waals surface area contributed by atoms with Gasteiger partial charge in [0.15, 0.2) is 0 Å². The van der Waals surface area contributed by atoms with Crippen molar-refractivity contribution in [2.75, 3.05) is 0 Å². The summed E-state index contributed by atoms with van der Waals surface area (Å²) in [5.41, 5.74) is 0. The highest BCUT2D eigenvalue weighted by molar-refractivity contribution is 5.71. The molecule has 8 heteroatoms. The Labute approximate surface area is 81.2 Å². The van der Waals surface area contributed by atoms with E-state index >= 15 is 0 Å². The standard InChI is InChI=1S/C7H8F6O2/c1-3(2)4(14)15-5(8)6(9,10)7(11,12)13/h3,5H,1-2H3. The molecule has 0 aromatic heterocycles. The number of carbonyl (C=O) groups is 1. The SMILES string of the molecule is CC(C)C(=O)OC(F)C(F)(F)C(F)(F)F. The summed E-state index contributed by atoms with van der Waals surface area (Å²) in [5.74, 6) is -8.16. The molecule has 0 rings (SSSR count). The van der Waals surface area contributed by atoms with E-state index in [1.54, 1.807) is 0 Å². The Bertz CT molecular complexity index is 234. The molecule has 0 amide bonds. The van der Waals surface area contributed by atoms with Crippen LogP contribution in [0.4, 0.5) is 26.3 Å². The second-order valence-electron chi connectivity index (χ2n) is 3.03. The van der Waals surface area contributed by atoms with Crippen LogP contribution in [0, 0.1) is 5.92 Å². The molecule has 2 nitrogen and oxygen atoms in total. The van der Waals surface area contributed by atoms with E-state index in [0.29, 0.717) is 0 Å². The van der Waals surface area contributed by atoms with Gasteiger partial charge in [0.25, 0.3) is 0 Å². The molecule has 0 aliphatic carbocycles. The average molecular weight is 238 g/mol. The van der Waals surface area contributed by atoms with E-state index in [0.717, 1.165) is 0 Å². The summed E-state index contributed by atoms with van der Waals surface area (Å²) in [4.78, 5) is 10.6. The minimum Gasteiger partial charge on any atom is -0.424 e. The van der Waals surface area contributed by atoms with Crippen LogP contribution in [0.3, 0.4) is 0 Å². The third-order valence-electron chi connectivity index (χ3n) is 1.35. The van der Waals surface area contributed by atoms with Crippen molar-refractivity contribution in [2.24, 2.45) is 5.92 Å². The van der Waals surface area contributed by atoms with Gasteiger partial charge in [-0.1, -0.05) is 13.8 Å². The Kier molecular flexibility index (Phi) is 4.01. The summed E-state index contributed by atoms with van der Waals surface area (Å²) in [6, 6.07) is 0. The third kappa shape index (κ3) is 3.28. The lowest BCUT2D eigenvalue weighted by Crippen LogP contribution is -2.47. The van der Waals surface area contributed by atoms with Crippen molar-refractivity contribution in [1.29, 1.82) is 0 Å². The smallest absolute Gasteiger partial charge is 0.424 e. The first-order valence-electron chi connectivity index (χ1n) is 3.79.